The van der Waals surface area contributed by atoms with Crippen LogP contribution < -0.4 is 0 Å². The van der Waals surface area contributed by atoms with Crippen molar-refractivity contribution in [2.24, 2.45) is 0 Å². The van der Waals surface area contributed by atoms with E-state index in [4.69, 9.17) is 0 Å². The minimum Gasteiger partial charge on any atom is -0.258 e. The highest BCUT2D eigenvalue weighted by Gasteiger charge is 2.05. The molecule has 0 fully saturated rings. The number of benzene rings is 2. The molecule has 0 saturated heterocycles. The van der Waals surface area contributed by atoms with Crippen LogP contribution in [0.1, 0.15) is 0 Å². The average molecular weight is 357 g/mol. The van der Waals surface area contributed by atoms with Crippen molar-refractivity contribution >= 4 is 40.0 Å². The number of nitro groups is 1. The maximum absolute atomic E-state index is 10.5. The van der Waals surface area contributed by atoms with Gasteiger partial charge < -0.3 is 0 Å². The summed E-state index contributed by atoms with van der Waals surface area (Å²) in [7, 11) is 0. The average Bonchev–Trinajstić information content (AvgIpc) is 2.33. The van der Waals surface area contributed by atoms with Crippen LogP contribution in [0.25, 0.3) is 0 Å². The van der Waals surface area contributed by atoms with Gasteiger partial charge in [0.15, 0.2) is 0 Å². The Morgan fingerprint density at radius 1 is 1.06 bits per heavy atom. The highest BCUT2D eigenvalue weighted by Crippen LogP contribution is 2.31. The molecular weight excluding hydrogens is 349 g/mol. The second kappa shape index (κ2) is 5.50. The van der Waals surface area contributed by atoms with Crippen LogP contribution in [0.15, 0.2) is 58.3 Å². The highest BCUT2D eigenvalue weighted by atomic mass is 127. The molecule has 86 valence electrons. The van der Waals surface area contributed by atoms with Crippen molar-refractivity contribution in [1.82, 2.24) is 0 Å². The van der Waals surface area contributed by atoms with Crippen molar-refractivity contribution in [3.8, 4) is 0 Å². The van der Waals surface area contributed by atoms with Gasteiger partial charge >= 0.3 is 0 Å². The topological polar surface area (TPSA) is 43.1 Å². The number of halogens is 1. The Bertz CT molecular complexity index is 542. The van der Waals surface area contributed by atoms with Gasteiger partial charge in [-0.3, -0.25) is 10.1 Å². The second-order valence-electron chi connectivity index (χ2n) is 3.28. The van der Waals surface area contributed by atoms with E-state index in [0.717, 1.165) is 9.79 Å². The third-order valence-corrected chi connectivity index (χ3v) is 4.50. The SMILES string of the molecule is O=[N+]([O-])c1ccc(Sc2ccccc2I)cc1. The van der Waals surface area contributed by atoms with Crippen LogP contribution in [-0.4, -0.2) is 4.92 Å². The summed E-state index contributed by atoms with van der Waals surface area (Å²) in [5.41, 5.74) is 0.122. The molecule has 5 heteroatoms. The lowest BCUT2D eigenvalue weighted by Gasteiger charge is -2.03. The summed E-state index contributed by atoms with van der Waals surface area (Å²) in [5.74, 6) is 0. The van der Waals surface area contributed by atoms with E-state index in [1.54, 1.807) is 23.9 Å². The van der Waals surface area contributed by atoms with Gasteiger partial charge in [0.05, 0.1) is 4.92 Å². The molecule has 0 bridgehead atoms. The van der Waals surface area contributed by atoms with E-state index in [0.29, 0.717) is 0 Å². The molecule has 2 aromatic rings. The third kappa shape index (κ3) is 3.19. The van der Waals surface area contributed by atoms with Crippen molar-refractivity contribution in [2.75, 3.05) is 0 Å². The Kier molecular flexibility index (Phi) is 4.01. The molecular formula is C12H8INO2S. The molecule has 0 aliphatic heterocycles. The standard InChI is InChI=1S/C12H8INO2S/c13-11-3-1-2-4-12(11)17-10-7-5-9(6-8-10)14(15)16/h1-8H. The predicted octanol–water partition coefficient (Wildman–Crippen LogP) is 4.35. The summed E-state index contributed by atoms with van der Waals surface area (Å²) in [5, 5.41) is 10.5. The van der Waals surface area contributed by atoms with Gasteiger partial charge in [0.2, 0.25) is 0 Å². The molecule has 0 saturated carbocycles. The van der Waals surface area contributed by atoms with Gasteiger partial charge in [-0.15, -0.1) is 0 Å². The summed E-state index contributed by atoms with van der Waals surface area (Å²) in [4.78, 5) is 12.3. The van der Waals surface area contributed by atoms with Crippen LogP contribution in [0, 0.1) is 13.7 Å². The molecule has 0 unspecified atom stereocenters. The molecule has 0 radical (unpaired) electrons. The van der Waals surface area contributed by atoms with Gasteiger partial charge in [-0.25, -0.2) is 0 Å². The largest absolute Gasteiger partial charge is 0.269 e. The van der Waals surface area contributed by atoms with Crippen molar-refractivity contribution in [3.05, 3.63) is 62.2 Å². The predicted molar refractivity (Wildman–Crippen MR) is 76.4 cm³/mol. The normalized spacial score (nSPS) is 10.2. The van der Waals surface area contributed by atoms with E-state index in [1.165, 1.54) is 15.7 Å². The molecule has 0 spiro atoms. The summed E-state index contributed by atoms with van der Waals surface area (Å²) >= 11 is 3.88. The first-order chi connectivity index (χ1) is 8.16. The van der Waals surface area contributed by atoms with E-state index >= 15 is 0 Å². The number of nitrogens with zero attached hydrogens (tertiary/aromatic N) is 1. The van der Waals surface area contributed by atoms with Gasteiger partial charge in [0.1, 0.15) is 0 Å². The molecule has 0 amide bonds. The maximum Gasteiger partial charge on any atom is 0.269 e. The van der Waals surface area contributed by atoms with Crippen molar-refractivity contribution in [1.29, 1.82) is 0 Å². The van der Waals surface area contributed by atoms with Crippen LogP contribution in [0.2, 0.25) is 0 Å². The van der Waals surface area contributed by atoms with Crippen molar-refractivity contribution < 1.29 is 4.92 Å². The summed E-state index contributed by atoms with van der Waals surface area (Å²) < 4.78 is 1.17. The zero-order chi connectivity index (χ0) is 12.3. The van der Waals surface area contributed by atoms with Gasteiger partial charge in [-0.2, -0.15) is 0 Å². The zero-order valence-electron chi connectivity index (χ0n) is 8.67. The summed E-state index contributed by atoms with van der Waals surface area (Å²) in [6, 6.07) is 14.6. The quantitative estimate of drug-likeness (QED) is 0.466. The van der Waals surface area contributed by atoms with Crippen molar-refractivity contribution in [3.63, 3.8) is 0 Å². The lowest BCUT2D eigenvalue weighted by molar-refractivity contribution is -0.384. The highest BCUT2D eigenvalue weighted by molar-refractivity contribution is 14.1. The smallest absolute Gasteiger partial charge is 0.258 e. The first-order valence-corrected chi connectivity index (χ1v) is 6.73. The minimum absolute atomic E-state index is 0.122. The molecule has 0 N–H and O–H groups in total. The Morgan fingerprint density at radius 2 is 1.71 bits per heavy atom. The zero-order valence-corrected chi connectivity index (χ0v) is 11.6. The van der Waals surface area contributed by atoms with Crippen LogP contribution >= 0.6 is 34.4 Å². The number of nitro benzene ring substituents is 1. The summed E-state index contributed by atoms with van der Waals surface area (Å²) in [6.45, 7) is 0. The molecule has 2 aromatic carbocycles. The van der Waals surface area contributed by atoms with Crippen LogP contribution in [-0.2, 0) is 0 Å². The third-order valence-electron chi connectivity index (χ3n) is 2.11. The molecule has 0 heterocycles. The van der Waals surface area contributed by atoms with E-state index in [2.05, 4.69) is 22.6 Å². The molecule has 17 heavy (non-hydrogen) atoms. The van der Waals surface area contributed by atoms with Gasteiger partial charge in [0, 0.05) is 25.5 Å². The van der Waals surface area contributed by atoms with Crippen molar-refractivity contribution in [2.45, 2.75) is 9.79 Å². The lowest BCUT2D eigenvalue weighted by Crippen LogP contribution is -1.86. The number of hydrogen-bond donors (Lipinski definition) is 0. The minimum atomic E-state index is -0.388. The molecule has 0 atom stereocenters. The summed E-state index contributed by atoms with van der Waals surface area (Å²) in [6.07, 6.45) is 0. The number of rotatable bonds is 3. The fourth-order valence-corrected chi connectivity index (χ4v) is 2.85. The maximum atomic E-state index is 10.5. The van der Waals surface area contributed by atoms with Gasteiger partial charge in [-0.1, -0.05) is 23.9 Å². The fraction of sp³-hybridized carbons (Fsp3) is 0. The Balaban J connectivity index is 2.20. The van der Waals surface area contributed by atoms with E-state index in [1.807, 2.05) is 24.3 Å². The Labute approximate surface area is 117 Å². The molecule has 0 aliphatic rings. The van der Waals surface area contributed by atoms with E-state index in [-0.39, 0.29) is 10.6 Å². The fourth-order valence-electron chi connectivity index (χ4n) is 1.29. The number of non-ortho nitro benzene ring substituents is 1. The second-order valence-corrected chi connectivity index (χ2v) is 5.56. The molecule has 0 aromatic heterocycles. The molecule has 2 rings (SSSR count). The molecule has 0 aliphatic carbocycles. The number of hydrogen-bond acceptors (Lipinski definition) is 3. The van der Waals surface area contributed by atoms with E-state index < -0.39 is 0 Å². The first kappa shape index (κ1) is 12.4. The molecule has 3 nitrogen and oxygen atoms in total. The van der Waals surface area contributed by atoms with Crippen LogP contribution in [0.3, 0.4) is 0 Å². The van der Waals surface area contributed by atoms with Crippen LogP contribution in [0.4, 0.5) is 5.69 Å². The monoisotopic (exact) mass is 357 g/mol. The first-order valence-electron chi connectivity index (χ1n) is 4.83. The van der Waals surface area contributed by atoms with Crippen LogP contribution in [0.5, 0.6) is 0 Å². The lowest BCUT2D eigenvalue weighted by atomic mass is 10.3. The van der Waals surface area contributed by atoms with E-state index in [9.17, 15) is 10.1 Å². The van der Waals surface area contributed by atoms with Gasteiger partial charge in [-0.05, 0) is 46.9 Å². The Morgan fingerprint density at radius 3 is 2.29 bits per heavy atom. The Hall–Kier alpha value is -1.08. The van der Waals surface area contributed by atoms with Gasteiger partial charge in [0.25, 0.3) is 5.69 Å².